The fraction of sp³-hybridized carbons (Fsp3) is 0.462. The van der Waals surface area contributed by atoms with E-state index < -0.39 is 0 Å². The first kappa shape index (κ1) is 12.2. The van der Waals surface area contributed by atoms with Crippen LogP contribution in [0.15, 0.2) is 18.2 Å². The van der Waals surface area contributed by atoms with Crippen LogP contribution < -0.4 is 11.1 Å². The maximum absolute atomic E-state index is 12.0. The molecular formula is C13H17ClN2O. The third-order valence-corrected chi connectivity index (χ3v) is 3.77. The molecule has 0 spiro atoms. The summed E-state index contributed by atoms with van der Waals surface area (Å²) in [6.07, 6.45) is 3.44. The van der Waals surface area contributed by atoms with E-state index >= 15 is 0 Å². The van der Waals surface area contributed by atoms with E-state index in [9.17, 15) is 4.79 Å². The monoisotopic (exact) mass is 252 g/mol. The van der Waals surface area contributed by atoms with Gasteiger partial charge in [0.25, 0.3) is 5.91 Å². The van der Waals surface area contributed by atoms with Crippen molar-refractivity contribution < 1.29 is 4.79 Å². The number of nitrogens with two attached hydrogens (primary N) is 1. The Bertz CT molecular complexity index is 433. The summed E-state index contributed by atoms with van der Waals surface area (Å²) in [6.45, 7) is 2.17. The quantitative estimate of drug-likeness (QED) is 0.796. The van der Waals surface area contributed by atoms with E-state index in [2.05, 4.69) is 12.2 Å². The summed E-state index contributed by atoms with van der Waals surface area (Å²) in [5, 5.41) is 3.48. The number of carbonyl (C=O) groups excluding carboxylic acids is 1. The highest BCUT2D eigenvalue weighted by molar-refractivity contribution is 6.33. The summed E-state index contributed by atoms with van der Waals surface area (Å²) in [7, 11) is 0. The molecule has 0 radical (unpaired) electrons. The zero-order valence-electron chi connectivity index (χ0n) is 9.87. The Labute approximate surface area is 106 Å². The lowest BCUT2D eigenvalue weighted by atomic mass is 10.1. The molecule has 3 N–H and O–H groups in total. The maximum Gasteiger partial charge on any atom is 0.251 e. The van der Waals surface area contributed by atoms with Gasteiger partial charge in [0.1, 0.15) is 0 Å². The summed E-state index contributed by atoms with van der Waals surface area (Å²) in [5.74, 6) is 0.494. The highest BCUT2D eigenvalue weighted by Gasteiger charge is 2.25. The van der Waals surface area contributed by atoms with Gasteiger partial charge >= 0.3 is 0 Å². The molecule has 0 saturated heterocycles. The minimum absolute atomic E-state index is 0.0642. The van der Waals surface area contributed by atoms with Gasteiger partial charge in [-0.25, -0.2) is 0 Å². The summed E-state index contributed by atoms with van der Waals surface area (Å²) >= 11 is 5.90. The smallest absolute Gasteiger partial charge is 0.251 e. The number of nitrogen functional groups attached to an aromatic ring is 1. The van der Waals surface area contributed by atoms with Crippen molar-refractivity contribution >= 4 is 23.2 Å². The molecule has 1 aliphatic rings. The number of carbonyl (C=O) groups is 1. The molecule has 0 aliphatic heterocycles. The Morgan fingerprint density at radius 2 is 2.24 bits per heavy atom. The van der Waals surface area contributed by atoms with Crippen molar-refractivity contribution in [2.45, 2.75) is 32.2 Å². The van der Waals surface area contributed by atoms with Crippen LogP contribution in [0.1, 0.15) is 36.5 Å². The van der Waals surface area contributed by atoms with E-state index in [1.54, 1.807) is 18.2 Å². The number of halogens is 1. The van der Waals surface area contributed by atoms with E-state index in [1.807, 2.05) is 0 Å². The van der Waals surface area contributed by atoms with Crippen molar-refractivity contribution in [2.24, 2.45) is 5.92 Å². The average molecular weight is 253 g/mol. The van der Waals surface area contributed by atoms with Crippen molar-refractivity contribution in [1.29, 1.82) is 0 Å². The molecule has 1 fully saturated rings. The van der Waals surface area contributed by atoms with Crippen molar-refractivity contribution in [3.8, 4) is 0 Å². The van der Waals surface area contributed by atoms with Crippen molar-refractivity contribution in [1.82, 2.24) is 5.32 Å². The molecule has 2 rings (SSSR count). The van der Waals surface area contributed by atoms with Crippen molar-refractivity contribution in [2.75, 3.05) is 5.73 Å². The molecule has 2 atom stereocenters. The van der Waals surface area contributed by atoms with E-state index in [-0.39, 0.29) is 5.91 Å². The van der Waals surface area contributed by atoms with Crippen LogP contribution in [0.3, 0.4) is 0 Å². The number of hydrogen-bond acceptors (Lipinski definition) is 2. The van der Waals surface area contributed by atoms with Gasteiger partial charge in [-0.05, 0) is 37.0 Å². The fourth-order valence-electron chi connectivity index (χ4n) is 2.28. The first-order valence-corrected chi connectivity index (χ1v) is 6.31. The lowest BCUT2D eigenvalue weighted by molar-refractivity contribution is 0.0929. The second-order valence-corrected chi connectivity index (χ2v) is 5.13. The lowest BCUT2D eigenvalue weighted by Gasteiger charge is -2.17. The van der Waals surface area contributed by atoms with Crippen molar-refractivity contribution in [3.05, 3.63) is 28.8 Å². The summed E-state index contributed by atoms with van der Waals surface area (Å²) in [6, 6.07) is 5.27. The summed E-state index contributed by atoms with van der Waals surface area (Å²) in [5.41, 5.74) is 6.68. The normalized spacial score (nSPS) is 23.6. The van der Waals surface area contributed by atoms with Crippen LogP contribution in [0, 0.1) is 5.92 Å². The molecule has 1 aromatic carbocycles. The predicted molar refractivity (Wildman–Crippen MR) is 70.1 cm³/mol. The van der Waals surface area contributed by atoms with Gasteiger partial charge in [0.2, 0.25) is 0 Å². The van der Waals surface area contributed by atoms with Gasteiger partial charge in [-0.2, -0.15) is 0 Å². The standard InChI is InChI=1S/C13H17ClN2O/c1-8-3-2-4-12(8)16-13(17)9-5-6-11(15)10(14)7-9/h5-8,12H,2-4,15H2,1H3,(H,16,17). The lowest BCUT2D eigenvalue weighted by Crippen LogP contribution is -2.36. The van der Waals surface area contributed by atoms with Gasteiger partial charge in [-0.3, -0.25) is 4.79 Å². The van der Waals surface area contributed by atoms with Crippen LogP contribution in [0.25, 0.3) is 0 Å². The van der Waals surface area contributed by atoms with Crippen LogP contribution in [0.2, 0.25) is 5.02 Å². The Morgan fingerprint density at radius 1 is 1.47 bits per heavy atom. The fourth-order valence-corrected chi connectivity index (χ4v) is 2.46. The van der Waals surface area contributed by atoms with E-state index in [0.29, 0.717) is 28.2 Å². The van der Waals surface area contributed by atoms with Crippen LogP contribution >= 0.6 is 11.6 Å². The zero-order chi connectivity index (χ0) is 12.4. The topological polar surface area (TPSA) is 55.1 Å². The highest BCUT2D eigenvalue weighted by atomic mass is 35.5. The molecule has 4 heteroatoms. The van der Waals surface area contributed by atoms with E-state index in [1.165, 1.54) is 12.8 Å². The minimum Gasteiger partial charge on any atom is -0.398 e. The SMILES string of the molecule is CC1CCCC1NC(=O)c1ccc(N)c(Cl)c1. The molecule has 3 nitrogen and oxygen atoms in total. The van der Waals surface area contributed by atoms with Gasteiger partial charge < -0.3 is 11.1 Å². The molecule has 0 bridgehead atoms. The first-order chi connectivity index (χ1) is 8.08. The number of anilines is 1. The Morgan fingerprint density at radius 3 is 2.82 bits per heavy atom. The van der Waals surface area contributed by atoms with E-state index in [0.717, 1.165) is 6.42 Å². The van der Waals surface area contributed by atoms with E-state index in [4.69, 9.17) is 17.3 Å². The third kappa shape index (κ3) is 2.72. The zero-order valence-corrected chi connectivity index (χ0v) is 10.6. The highest BCUT2D eigenvalue weighted by Crippen LogP contribution is 2.25. The number of rotatable bonds is 2. The van der Waals surface area contributed by atoms with Gasteiger partial charge in [0.05, 0.1) is 10.7 Å². The molecule has 1 aliphatic carbocycles. The van der Waals surface area contributed by atoms with Crippen LogP contribution in [0.4, 0.5) is 5.69 Å². The maximum atomic E-state index is 12.0. The third-order valence-electron chi connectivity index (χ3n) is 3.44. The molecule has 1 aromatic rings. The molecule has 1 saturated carbocycles. The second-order valence-electron chi connectivity index (χ2n) is 4.72. The Balaban J connectivity index is 2.06. The molecule has 17 heavy (non-hydrogen) atoms. The predicted octanol–water partition coefficient (Wildman–Crippen LogP) is 2.84. The number of benzene rings is 1. The first-order valence-electron chi connectivity index (χ1n) is 5.94. The average Bonchev–Trinajstić information content (AvgIpc) is 2.68. The van der Waals surface area contributed by atoms with Gasteiger partial charge in [-0.15, -0.1) is 0 Å². The van der Waals surface area contributed by atoms with Gasteiger partial charge in [0, 0.05) is 11.6 Å². The van der Waals surface area contributed by atoms with Crippen LogP contribution in [0.5, 0.6) is 0 Å². The summed E-state index contributed by atoms with van der Waals surface area (Å²) < 4.78 is 0. The minimum atomic E-state index is -0.0642. The Kier molecular flexibility index (Phi) is 3.57. The van der Waals surface area contributed by atoms with Crippen LogP contribution in [-0.2, 0) is 0 Å². The molecule has 0 heterocycles. The van der Waals surface area contributed by atoms with Gasteiger partial charge in [-0.1, -0.05) is 24.9 Å². The Hall–Kier alpha value is -1.22. The van der Waals surface area contributed by atoms with Crippen LogP contribution in [-0.4, -0.2) is 11.9 Å². The number of hydrogen-bond donors (Lipinski definition) is 2. The molecular weight excluding hydrogens is 236 g/mol. The molecule has 2 unspecified atom stereocenters. The molecule has 92 valence electrons. The summed E-state index contributed by atoms with van der Waals surface area (Å²) in [4.78, 5) is 12.0. The van der Waals surface area contributed by atoms with Crippen molar-refractivity contribution in [3.63, 3.8) is 0 Å². The number of amides is 1. The van der Waals surface area contributed by atoms with Gasteiger partial charge in [0.15, 0.2) is 0 Å². The molecule has 0 aromatic heterocycles. The number of nitrogens with one attached hydrogen (secondary N) is 1. The second kappa shape index (κ2) is 4.96. The molecule has 1 amide bonds. The largest absolute Gasteiger partial charge is 0.398 e.